The maximum atomic E-state index is 12.2. The first-order valence-corrected chi connectivity index (χ1v) is 7.46. The van der Waals surface area contributed by atoms with Crippen LogP contribution in [0, 0.1) is 22.0 Å². The minimum Gasteiger partial charge on any atom is -0.459 e. The van der Waals surface area contributed by atoms with Crippen molar-refractivity contribution in [2.75, 3.05) is 5.32 Å². The van der Waals surface area contributed by atoms with E-state index in [1.165, 1.54) is 24.3 Å². The van der Waals surface area contributed by atoms with E-state index < -0.39 is 10.5 Å². The zero-order valence-corrected chi connectivity index (χ0v) is 13.4. The third kappa shape index (κ3) is 4.28. The molecule has 0 radical (unpaired) electrons. The van der Waals surface area contributed by atoms with Crippen molar-refractivity contribution in [3.05, 3.63) is 34.4 Å². The van der Waals surface area contributed by atoms with Gasteiger partial charge >= 0.3 is 5.97 Å². The molecule has 0 aromatic heterocycles. The highest BCUT2D eigenvalue weighted by atomic mass is 16.6. The van der Waals surface area contributed by atoms with Gasteiger partial charge in [0, 0.05) is 23.7 Å². The van der Waals surface area contributed by atoms with Gasteiger partial charge in [0.05, 0.1) is 10.8 Å². The zero-order chi connectivity index (χ0) is 17.2. The summed E-state index contributed by atoms with van der Waals surface area (Å²) in [6.07, 6.45) is 1.02. The summed E-state index contributed by atoms with van der Waals surface area (Å²) < 4.78 is 5.26. The van der Waals surface area contributed by atoms with Crippen molar-refractivity contribution in [2.24, 2.45) is 11.8 Å². The van der Waals surface area contributed by atoms with Gasteiger partial charge in [0.1, 0.15) is 5.60 Å². The van der Waals surface area contributed by atoms with Gasteiger partial charge in [0.2, 0.25) is 5.91 Å². The molecule has 0 unspecified atom stereocenters. The van der Waals surface area contributed by atoms with Crippen molar-refractivity contribution in [3.63, 3.8) is 0 Å². The van der Waals surface area contributed by atoms with Crippen LogP contribution < -0.4 is 5.32 Å². The molecule has 23 heavy (non-hydrogen) atoms. The van der Waals surface area contributed by atoms with Gasteiger partial charge < -0.3 is 10.1 Å². The van der Waals surface area contributed by atoms with Gasteiger partial charge in [-0.25, -0.2) is 0 Å². The first-order valence-electron chi connectivity index (χ1n) is 7.46. The number of benzene rings is 1. The number of amides is 1. The molecule has 7 heteroatoms. The molecule has 1 N–H and O–H groups in total. The Hall–Kier alpha value is -2.44. The van der Waals surface area contributed by atoms with E-state index in [9.17, 15) is 19.7 Å². The average molecular weight is 320 g/mol. The predicted molar refractivity (Wildman–Crippen MR) is 83.8 cm³/mol. The predicted octanol–water partition coefficient (Wildman–Crippen LogP) is 2.90. The second-order valence-electron chi connectivity index (χ2n) is 6.51. The molecule has 1 aromatic rings. The van der Waals surface area contributed by atoms with Gasteiger partial charge in [-0.2, -0.15) is 0 Å². The molecule has 7 nitrogen and oxygen atoms in total. The van der Waals surface area contributed by atoms with E-state index >= 15 is 0 Å². The van der Waals surface area contributed by atoms with Gasteiger partial charge in [0.15, 0.2) is 0 Å². The Balaban J connectivity index is 1.92. The number of carbonyl (C=O) groups is 2. The summed E-state index contributed by atoms with van der Waals surface area (Å²) in [5.41, 5.74) is -0.0233. The van der Waals surface area contributed by atoms with Crippen molar-refractivity contribution < 1.29 is 19.2 Å². The van der Waals surface area contributed by atoms with E-state index in [4.69, 9.17) is 4.74 Å². The zero-order valence-electron chi connectivity index (χ0n) is 13.4. The fraction of sp³-hybridized carbons (Fsp3) is 0.500. The van der Waals surface area contributed by atoms with Crippen LogP contribution in [0.2, 0.25) is 0 Å². The number of nitrogens with zero attached hydrogens (tertiary/aromatic N) is 1. The normalized spacial score (nSPS) is 20.7. The van der Waals surface area contributed by atoms with Crippen molar-refractivity contribution in [1.29, 1.82) is 0 Å². The molecule has 1 heterocycles. The van der Waals surface area contributed by atoms with Crippen molar-refractivity contribution in [1.82, 2.24) is 0 Å². The maximum absolute atomic E-state index is 12.2. The average Bonchev–Trinajstić information content (AvgIpc) is 2.71. The Kier molecular flexibility index (Phi) is 4.68. The topological polar surface area (TPSA) is 98.5 Å². The number of ether oxygens (including phenoxy) is 1. The molecular formula is C16H20N2O5. The smallest absolute Gasteiger partial charge is 0.309 e. The molecular weight excluding hydrogens is 300 g/mol. The SMILES string of the molecule is C[C@@H](C[C@@H]1CC(C)(C)OC1=O)C(=O)Nc1ccc([N+](=O)[O-])cc1. The molecule has 0 bridgehead atoms. The number of nitro groups is 1. The first-order chi connectivity index (χ1) is 10.7. The Morgan fingerprint density at radius 2 is 2.04 bits per heavy atom. The first kappa shape index (κ1) is 16.9. The summed E-state index contributed by atoms with van der Waals surface area (Å²) in [7, 11) is 0. The van der Waals surface area contributed by atoms with E-state index in [-0.39, 0.29) is 29.4 Å². The molecule has 1 fully saturated rings. The van der Waals surface area contributed by atoms with Gasteiger partial charge in [-0.1, -0.05) is 6.92 Å². The fourth-order valence-corrected chi connectivity index (χ4v) is 2.72. The van der Waals surface area contributed by atoms with Crippen molar-refractivity contribution in [2.45, 2.75) is 39.2 Å². The number of nitrogens with one attached hydrogen (secondary N) is 1. The second kappa shape index (κ2) is 6.36. The van der Waals surface area contributed by atoms with Crippen LogP contribution >= 0.6 is 0 Å². The number of hydrogen-bond donors (Lipinski definition) is 1. The highest BCUT2D eigenvalue weighted by Crippen LogP contribution is 2.34. The molecule has 2 rings (SSSR count). The molecule has 1 aliphatic rings. The standard InChI is InChI=1S/C16H20N2O5/c1-10(8-11-9-16(2,3)23-15(11)20)14(19)17-12-4-6-13(7-5-12)18(21)22/h4-7,10-11H,8-9H2,1-3H3,(H,17,19)/t10-,11+/m0/s1. The molecule has 0 saturated carbocycles. The molecule has 0 spiro atoms. The summed E-state index contributed by atoms with van der Waals surface area (Å²) in [5.74, 6) is -1.12. The van der Waals surface area contributed by atoms with E-state index in [0.29, 0.717) is 18.5 Å². The number of esters is 1. The van der Waals surface area contributed by atoms with Crippen LogP contribution in [0.15, 0.2) is 24.3 Å². The largest absolute Gasteiger partial charge is 0.459 e. The van der Waals surface area contributed by atoms with E-state index in [1.54, 1.807) is 6.92 Å². The summed E-state index contributed by atoms with van der Waals surface area (Å²) >= 11 is 0. The lowest BCUT2D eigenvalue weighted by Gasteiger charge is -2.16. The Labute approximate surface area is 134 Å². The lowest BCUT2D eigenvalue weighted by molar-refractivity contribution is -0.384. The molecule has 1 saturated heterocycles. The monoisotopic (exact) mass is 320 g/mol. The van der Waals surface area contributed by atoms with Crippen LogP contribution in [-0.4, -0.2) is 22.4 Å². The number of nitro benzene ring substituents is 1. The quantitative estimate of drug-likeness (QED) is 0.511. The van der Waals surface area contributed by atoms with Crippen LogP contribution in [0.3, 0.4) is 0 Å². The third-order valence-corrected chi connectivity index (χ3v) is 3.88. The molecule has 1 aliphatic heterocycles. The summed E-state index contributed by atoms with van der Waals surface area (Å²) in [6.45, 7) is 5.46. The number of hydrogen-bond acceptors (Lipinski definition) is 5. The summed E-state index contributed by atoms with van der Waals surface area (Å²) in [5, 5.41) is 13.3. The van der Waals surface area contributed by atoms with E-state index in [0.717, 1.165) is 0 Å². The highest BCUT2D eigenvalue weighted by Gasteiger charge is 2.41. The van der Waals surface area contributed by atoms with E-state index in [2.05, 4.69) is 5.32 Å². The van der Waals surface area contributed by atoms with Crippen LogP contribution in [0.5, 0.6) is 0 Å². The Morgan fingerprint density at radius 1 is 1.43 bits per heavy atom. The summed E-state index contributed by atoms with van der Waals surface area (Å²) in [4.78, 5) is 34.1. The molecule has 0 aliphatic carbocycles. The number of rotatable bonds is 5. The Bertz CT molecular complexity index is 624. The molecule has 124 valence electrons. The van der Waals surface area contributed by atoms with Crippen LogP contribution in [0.4, 0.5) is 11.4 Å². The number of non-ortho nitro benzene ring substituents is 1. The van der Waals surface area contributed by atoms with Gasteiger partial charge in [-0.3, -0.25) is 19.7 Å². The van der Waals surface area contributed by atoms with Crippen LogP contribution in [-0.2, 0) is 14.3 Å². The number of carbonyl (C=O) groups excluding carboxylic acids is 2. The summed E-state index contributed by atoms with van der Waals surface area (Å²) in [6, 6.07) is 5.62. The van der Waals surface area contributed by atoms with Gasteiger partial charge in [-0.15, -0.1) is 0 Å². The Morgan fingerprint density at radius 3 is 2.52 bits per heavy atom. The van der Waals surface area contributed by atoms with Gasteiger partial charge in [-0.05, 0) is 38.8 Å². The van der Waals surface area contributed by atoms with E-state index in [1.807, 2.05) is 13.8 Å². The second-order valence-corrected chi connectivity index (χ2v) is 6.51. The molecule has 2 atom stereocenters. The third-order valence-electron chi connectivity index (χ3n) is 3.88. The van der Waals surface area contributed by atoms with Crippen LogP contribution in [0.25, 0.3) is 0 Å². The number of anilines is 1. The molecule has 1 aromatic carbocycles. The van der Waals surface area contributed by atoms with Crippen molar-refractivity contribution in [3.8, 4) is 0 Å². The lowest BCUT2D eigenvalue weighted by atomic mass is 9.89. The highest BCUT2D eigenvalue weighted by molar-refractivity contribution is 5.92. The lowest BCUT2D eigenvalue weighted by Crippen LogP contribution is -2.24. The molecule has 1 amide bonds. The number of cyclic esters (lactones) is 1. The minimum atomic E-state index is -0.498. The fourth-order valence-electron chi connectivity index (χ4n) is 2.72. The van der Waals surface area contributed by atoms with Crippen molar-refractivity contribution >= 4 is 23.3 Å². The van der Waals surface area contributed by atoms with Gasteiger partial charge in [0.25, 0.3) is 5.69 Å². The minimum absolute atomic E-state index is 0.0352. The maximum Gasteiger partial charge on any atom is 0.309 e. The van der Waals surface area contributed by atoms with Crippen LogP contribution in [0.1, 0.15) is 33.6 Å².